The lowest BCUT2D eigenvalue weighted by atomic mass is 9.97. The van der Waals surface area contributed by atoms with Gasteiger partial charge in [-0.25, -0.2) is 4.98 Å². The summed E-state index contributed by atoms with van der Waals surface area (Å²) in [5.74, 6) is -0.465. The molecule has 31 heavy (non-hydrogen) atoms. The largest absolute Gasteiger partial charge is 0.508 e. The molecule has 0 saturated heterocycles. The fourth-order valence-corrected chi connectivity index (χ4v) is 3.74. The summed E-state index contributed by atoms with van der Waals surface area (Å²) in [6.45, 7) is 12.2. The number of hydrogen-bond donors (Lipinski definition) is 2. The maximum Gasteiger partial charge on any atom is 0.316 e. The molecule has 0 unspecified atom stereocenters. The predicted molar refractivity (Wildman–Crippen MR) is 118 cm³/mol. The van der Waals surface area contributed by atoms with Gasteiger partial charge in [0.25, 0.3) is 5.91 Å². The lowest BCUT2D eigenvalue weighted by Crippen LogP contribution is -2.36. The molecule has 8 heteroatoms. The normalized spacial score (nSPS) is 13.5. The third-order valence-corrected chi connectivity index (χ3v) is 5.73. The van der Waals surface area contributed by atoms with E-state index in [0.717, 1.165) is 30.9 Å². The van der Waals surface area contributed by atoms with Crippen LogP contribution >= 0.6 is 0 Å². The van der Waals surface area contributed by atoms with E-state index in [1.165, 1.54) is 6.07 Å². The zero-order chi connectivity index (χ0) is 22.5. The Morgan fingerprint density at radius 3 is 2.65 bits per heavy atom. The number of rotatable bonds is 8. The van der Waals surface area contributed by atoms with Gasteiger partial charge in [0.1, 0.15) is 18.1 Å². The topological polar surface area (TPSA) is 99.0 Å². The van der Waals surface area contributed by atoms with E-state index in [2.05, 4.69) is 28.7 Å². The molecule has 0 bridgehead atoms. The van der Waals surface area contributed by atoms with Crippen molar-refractivity contribution >= 4 is 5.91 Å². The molecule has 1 amide bonds. The highest BCUT2D eigenvalue weighted by Crippen LogP contribution is 2.33. The minimum absolute atomic E-state index is 0.00466. The molecular formula is C23H32N4O4. The van der Waals surface area contributed by atoms with E-state index in [1.807, 2.05) is 13.8 Å². The van der Waals surface area contributed by atoms with E-state index < -0.39 is 0 Å². The van der Waals surface area contributed by atoms with Crippen LogP contribution in [-0.2, 0) is 13.0 Å². The van der Waals surface area contributed by atoms with Gasteiger partial charge in [-0.1, -0.05) is 27.7 Å². The Balaban J connectivity index is 1.69. The number of hydrogen-bond acceptors (Lipinski definition) is 7. The van der Waals surface area contributed by atoms with Crippen molar-refractivity contribution in [2.45, 2.75) is 46.6 Å². The SMILES string of the molecule is CCN(CC)CCOc1ncc2c(n1)CCN(C(=O)c1cc(C(C)C)c(O)cc1O)C2. The highest BCUT2D eigenvalue weighted by atomic mass is 16.5. The first-order valence-corrected chi connectivity index (χ1v) is 10.9. The maximum atomic E-state index is 13.1. The van der Waals surface area contributed by atoms with Crippen LogP contribution < -0.4 is 4.74 Å². The molecule has 8 nitrogen and oxygen atoms in total. The lowest BCUT2D eigenvalue weighted by Gasteiger charge is -2.28. The van der Waals surface area contributed by atoms with Crippen LogP contribution in [0.25, 0.3) is 0 Å². The van der Waals surface area contributed by atoms with Gasteiger partial charge in [0, 0.05) is 43.9 Å². The smallest absolute Gasteiger partial charge is 0.316 e. The van der Waals surface area contributed by atoms with Crippen molar-refractivity contribution in [2.75, 3.05) is 32.8 Å². The molecule has 1 aromatic carbocycles. The van der Waals surface area contributed by atoms with Crippen LogP contribution in [0.15, 0.2) is 18.3 Å². The van der Waals surface area contributed by atoms with Crippen LogP contribution in [0.5, 0.6) is 17.5 Å². The van der Waals surface area contributed by atoms with Gasteiger partial charge in [0.2, 0.25) is 0 Å². The van der Waals surface area contributed by atoms with E-state index >= 15 is 0 Å². The van der Waals surface area contributed by atoms with Crippen molar-refractivity contribution in [3.05, 3.63) is 40.7 Å². The number of aromatic nitrogens is 2. The minimum Gasteiger partial charge on any atom is -0.508 e. The van der Waals surface area contributed by atoms with E-state index in [0.29, 0.717) is 37.7 Å². The van der Waals surface area contributed by atoms with Gasteiger partial charge in [0.15, 0.2) is 0 Å². The number of carbonyl (C=O) groups is 1. The molecule has 0 aliphatic carbocycles. The lowest BCUT2D eigenvalue weighted by molar-refractivity contribution is 0.0729. The second-order valence-electron chi connectivity index (χ2n) is 8.06. The summed E-state index contributed by atoms with van der Waals surface area (Å²) in [4.78, 5) is 25.8. The summed E-state index contributed by atoms with van der Waals surface area (Å²) in [5.41, 5.74) is 2.59. The zero-order valence-corrected chi connectivity index (χ0v) is 18.8. The standard InChI is InChI=1S/C23H32N4O4/c1-5-26(6-2)9-10-31-23-24-13-16-14-27(8-7-19(16)25-23)22(30)18-11-17(15(3)4)20(28)12-21(18)29/h11-13,15,28-29H,5-10,14H2,1-4H3. The molecule has 2 aromatic rings. The average molecular weight is 429 g/mol. The molecule has 3 rings (SSSR count). The summed E-state index contributed by atoms with van der Waals surface area (Å²) < 4.78 is 5.71. The number of aromatic hydroxyl groups is 2. The zero-order valence-electron chi connectivity index (χ0n) is 18.8. The van der Waals surface area contributed by atoms with Gasteiger partial charge < -0.3 is 24.7 Å². The molecule has 2 heterocycles. The van der Waals surface area contributed by atoms with Crippen molar-refractivity contribution in [2.24, 2.45) is 0 Å². The molecule has 1 aromatic heterocycles. The van der Waals surface area contributed by atoms with Crippen molar-refractivity contribution in [1.82, 2.24) is 19.8 Å². The molecule has 0 fully saturated rings. The average Bonchev–Trinajstić information content (AvgIpc) is 2.75. The predicted octanol–water partition coefficient (Wildman–Crippen LogP) is 2.93. The number of benzene rings is 1. The third-order valence-electron chi connectivity index (χ3n) is 5.73. The van der Waals surface area contributed by atoms with Gasteiger partial charge in [-0.3, -0.25) is 4.79 Å². The van der Waals surface area contributed by atoms with Crippen LogP contribution in [0.3, 0.4) is 0 Å². The fraction of sp³-hybridized carbons (Fsp3) is 0.522. The maximum absolute atomic E-state index is 13.1. The van der Waals surface area contributed by atoms with Gasteiger partial charge in [-0.2, -0.15) is 4.98 Å². The molecule has 2 N–H and O–H groups in total. The monoisotopic (exact) mass is 428 g/mol. The van der Waals surface area contributed by atoms with Crippen LogP contribution in [0.2, 0.25) is 0 Å². The molecular weight excluding hydrogens is 396 g/mol. The Morgan fingerprint density at radius 1 is 1.23 bits per heavy atom. The molecule has 0 radical (unpaired) electrons. The van der Waals surface area contributed by atoms with E-state index in [4.69, 9.17) is 4.74 Å². The number of fused-ring (bicyclic) bond motifs is 1. The number of phenolic OH excluding ortho intramolecular Hbond substituents is 2. The van der Waals surface area contributed by atoms with Crippen molar-refractivity contribution in [3.63, 3.8) is 0 Å². The van der Waals surface area contributed by atoms with Gasteiger partial charge in [-0.15, -0.1) is 0 Å². The molecule has 0 saturated carbocycles. The molecule has 0 atom stereocenters. The first-order chi connectivity index (χ1) is 14.8. The summed E-state index contributed by atoms with van der Waals surface area (Å²) >= 11 is 0. The summed E-state index contributed by atoms with van der Waals surface area (Å²) in [7, 11) is 0. The summed E-state index contributed by atoms with van der Waals surface area (Å²) in [6, 6.07) is 3.19. The van der Waals surface area contributed by atoms with Crippen molar-refractivity contribution in [1.29, 1.82) is 0 Å². The summed E-state index contributed by atoms with van der Waals surface area (Å²) in [5, 5.41) is 20.3. The molecule has 1 aliphatic heterocycles. The van der Waals surface area contributed by atoms with Crippen LogP contribution in [0.1, 0.15) is 60.8 Å². The second-order valence-corrected chi connectivity index (χ2v) is 8.06. The first-order valence-electron chi connectivity index (χ1n) is 10.9. The van der Waals surface area contributed by atoms with E-state index in [-0.39, 0.29) is 28.9 Å². The summed E-state index contributed by atoms with van der Waals surface area (Å²) in [6.07, 6.45) is 2.30. The second kappa shape index (κ2) is 9.96. The molecule has 1 aliphatic rings. The third kappa shape index (κ3) is 5.25. The highest BCUT2D eigenvalue weighted by molar-refractivity contribution is 5.97. The quantitative estimate of drug-likeness (QED) is 0.667. The highest BCUT2D eigenvalue weighted by Gasteiger charge is 2.26. The molecule has 0 spiro atoms. The Bertz CT molecular complexity index is 928. The van der Waals surface area contributed by atoms with Gasteiger partial charge in [0.05, 0.1) is 11.3 Å². The van der Waals surface area contributed by atoms with Crippen molar-refractivity contribution < 1.29 is 19.7 Å². The number of ether oxygens (including phenoxy) is 1. The number of amides is 1. The fourth-order valence-electron chi connectivity index (χ4n) is 3.74. The van der Waals surface area contributed by atoms with Crippen LogP contribution in [0.4, 0.5) is 0 Å². The van der Waals surface area contributed by atoms with E-state index in [9.17, 15) is 15.0 Å². The number of likely N-dealkylation sites (N-methyl/N-ethyl adjacent to an activating group) is 1. The number of nitrogens with zero attached hydrogens (tertiary/aromatic N) is 4. The Kier molecular flexibility index (Phi) is 7.33. The number of phenols is 2. The van der Waals surface area contributed by atoms with Crippen LogP contribution in [0, 0.1) is 0 Å². The van der Waals surface area contributed by atoms with Crippen LogP contribution in [-0.4, -0.2) is 68.7 Å². The Labute approximate surface area is 183 Å². The Hall–Kier alpha value is -2.87. The van der Waals surface area contributed by atoms with Gasteiger partial charge >= 0.3 is 6.01 Å². The van der Waals surface area contributed by atoms with Crippen molar-refractivity contribution in [3.8, 4) is 17.5 Å². The first kappa shape index (κ1) is 22.8. The Morgan fingerprint density at radius 2 is 1.97 bits per heavy atom. The number of carbonyl (C=O) groups excluding carboxylic acids is 1. The minimum atomic E-state index is -0.274. The van der Waals surface area contributed by atoms with Gasteiger partial charge in [-0.05, 0) is 30.6 Å². The molecule has 168 valence electrons. The van der Waals surface area contributed by atoms with E-state index in [1.54, 1.807) is 17.2 Å².